The molecular formula is C12H22BrNO2. The summed E-state index contributed by atoms with van der Waals surface area (Å²) in [6, 6.07) is 0. The van der Waals surface area contributed by atoms with E-state index in [4.69, 9.17) is 4.74 Å². The maximum atomic E-state index is 11.5. The number of halogens is 1. The van der Waals surface area contributed by atoms with Crippen molar-refractivity contribution in [2.75, 3.05) is 27.2 Å². The fourth-order valence-electron chi connectivity index (χ4n) is 1.13. The Labute approximate surface area is 107 Å². The second-order valence-electron chi connectivity index (χ2n) is 4.09. The van der Waals surface area contributed by atoms with Crippen molar-refractivity contribution in [1.29, 1.82) is 0 Å². The second kappa shape index (κ2) is 8.76. The van der Waals surface area contributed by atoms with Gasteiger partial charge in [0.2, 0.25) is 0 Å². The number of carbonyl (C=O) groups excluding carboxylic acids is 1. The zero-order valence-electron chi connectivity index (χ0n) is 10.6. The molecule has 0 aliphatic heterocycles. The largest absolute Gasteiger partial charge is 0.461 e. The van der Waals surface area contributed by atoms with E-state index in [0.29, 0.717) is 12.2 Å². The van der Waals surface area contributed by atoms with Gasteiger partial charge in [-0.3, -0.25) is 0 Å². The third-order valence-electron chi connectivity index (χ3n) is 2.09. The van der Waals surface area contributed by atoms with E-state index in [0.717, 1.165) is 19.4 Å². The number of rotatable bonds is 7. The van der Waals surface area contributed by atoms with Crippen LogP contribution in [-0.4, -0.2) is 42.9 Å². The highest BCUT2D eigenvalue weighted by atomic mass is 79.9. The Morgan fingerprint density at radius 2 is 2.12 bits per heavy atom. The van der Waals surface area contributed by atoms with Crippen molar-refractivity contribution in [3.05, 3.63) is 11.6 Å². The van der Waals surface area contributed by atoms with Gasteiger partial charge in [-0.25, -0.2) is 4.79 Å². The summed E-state index contributed by atoms with van der Waals surface area (Å²) in [5.74, 6) is -0.220. The van der Waals surface area contributed by atoms with Gasteiger partial charge >= 0.3 is 5.97 Å². The number of likely N-dealkylation sites (N-methyl/N-ethyl adjacent to an activating group) is 1. The highest BCUT2D eigenvalue weighted by Gasteiger charge is 2.08. The second-order valence-corrected chi connectivity index (χ2v) is 5.27. The quantitative estimate of drug-likeness (QED) is 0.410. The van der Waals surface area contributed by atoms with E-state index in [1.807, 2.05) is 25.1 Å². The first kappa shape index (κ1) is 15.7. The van der Waals surface area contributed by atoms with E-state index in [1.165, 1.54) is 0 Å². The molecule has 0 spiro atoms. The molecule has 0 amide bonds. The summed E-state index contributed by atoms with van der Waals surface area (Å²) >= 11 is 3.51. The molecule has 0 aliphatic rings. The summed E-state index contributed by atoms with van der Waals surface area (Å²) in [5, 5.41) is 0. The van der Waals surface area contributed by atoms with Crippen LogP contribution in [0.25, 0.3) is 0 Å². The Kier molecular flexibility index (Phi) is 8.57. The molecule has 0 saturated carbocycles. The van der Waals surface area contributed by atoms with Crippen LogP contribution in [-0.2, 0) is 9.53 Å². The normalized spacial score (nSPS) is 14.0. The van der Waals surface area contributed by atoms with Gasteiger partial charge in [0.15, 0.2) is 0 Å². The van der Waals surface area contributed by atoms with Crippen molar-refractivity contribution in [1.82, 2.24) is 4.90 Å². The van der Waals surface area contributed by atoms with Gasteiger partial charge < -0.3 is 9.64 Å². The molecule has 1 unspecified atom stereocenters. The van der Waals surface area contributed by atoms with E-state index in [-0.39, 0.29) is 10.8 Å². The molecule has 3 nitrogen and oxygen atoms in total. The molecule has 16 heavy (non-hydrogen) atoms. The summed E-state index contributed by atoms with van der Waals surface area (Å²) in [5.41, 5.74) is 0.675. The highest BCUT2D eigenvalue weighted by Crippen LogP contribution is 2.12. The van der Waals surface area contributed by atoms with Crippen LogP contribution in [0, 0.1) is 0 Å². The van der Waals surface area contributed by atoms with Crippen LogP contribution < -0.4 is 0 Å². The summed E-state index contributed by atoms with van der Waals surface area (Å²) < 4.78 is 5.12. The Balaban J connectivity index is 3.97. The number of hydrogen-bond acceptors (Lipinski definition) is 3. The lowest BCUT2D eigenvalue weighted by Gasteiger charge is -2.10. The molecule has 0 N–H and O–H groups in total. The minimum Gasteiger partial charge on any atom is -0.461 e. The summed E-state index contributed by atoms with van der Waals surface area (Å²) in [4.78, 5) is 13.8. The summed E-state index contributed by atoms with van der Waals surface area (Å²) in [6.07, 6.45) is 4.04. The Bertz CT molecular complexity index is 239. The lowest BCUT2D eigenvalue weighted by Crippen LogP contribution is -2.20. The molecular weight excluding hydrogens is 270 g/mol. The van der Waals surface area contributed by atoms with Crippen LogP contribution in [0.4, 0.5) is 0 Å². The molecule has 0 heterocycles. The van der Waals surface area contributed by atoms with Crippen LogP contribution in [0.2, 0.25) is 0 Å². The summed E-state index contributed by atoms with van der Waals surface area (Å²) in [7, 11) is 3.90. The molecule has 1 atom stereocenters. The standard InChI is InChI=1S/C12H22BrNO2/c1-5-6-11(13)9-10(2)12(15)16-8-7-14(3)4/h9,11H,5-8H2,1-4H3. The van der Waals surface area contributed by atoms with Gasteiger partial charge in [-0.05, 0) is 27.4 Å². The maximum Gasteiger partial charge on any atom is 0.333 e. The molecule has 4 heteroatoms. The van der Waals surface area contributed by atoms with Gasteiger partial charge in [0.25, 0.3) is 0 Å². The predicted molar refractivity (Wildman–Crippen MR) is 70.9 cm³/mol. The lowest BCUT2D eigenvalue weighted by molar-refractivity contribution is -0.139. The average Bonchev–Trinajstić information content (AvgIpc) is 2.17. The monoisotopic (exact) mass is 291 g/mol. The smallest absolute Gasteiger partial charge is 0.333 e. The van der Waals surface area contributed by atoms with Crippen LogP contribution in [0.5, 0.6) is 0 Å². The number of esters is 1. The Morgan fingerprint density at radius 3 is 2.62 bits per heavy atom. The predicted octanol–water partition coefficient (Wildman–Crippen LogP) is 2.60. The van der Waals surface area contributed by atoms with Gasteiger partial charge in [-0.15, -0.1) is 0 Å². The number of nitrogens with zero attached hydrogens (tertiary/aromatic N) is 1. The van der Waals surface area contributed by atoms with Crippen molar-refractivity contribution in [3.8, 4) is 0 Å². The summed E-state index contributed by atoms with van der Waals surface area (Å²) in [6.45, 7) is 5.11. The molecule has 94 valence electrons. The van der Waals surface area contributed by atoms with Crippen molar-refractivity contribution < 1.29 is 9.53 Å². The number of carbonyl (C=O) groups is 1. The number of allylic oxidation sites excluding steroid dienone is 1. The lowest BCUT2D eigenvalue weighted by atomic mass is 10.2. The third-order valence-corrected chi connectivity index (χ3v) is 2.81. The zero-order chi connectivity index (χ0) is 12.6. The first-order chi connectivity index (χ1) is 7.47. The van der Waals surface area contributed by atoms with E-state index < -0.39 is 0 Å². The van der Waals surface area contributed by atoms with Crippen LogP contribution in [0.3, 0.4) is 0 Å². The Hall–Kier alpha value is -0.350. The maximum absolute atomic E-state index is 11.5. The van der Waals surface area contributed by atoms with Crippen molar-refractivity contribution in [3.63, 3.8) is 0 Å². The molecule has 0 aromatic heterocycles. The fraction of sp³-hybridized carbons (Fsp3) is 0.750. The van der Waals surface area contributed by atoms with E-state index in [1.54, 1.807) is 6.92 Å². The van der Waals surface area contributed by atoms with Crippen LogP contribution in [0.15, 0.2) is 11.6 Å². The van der Waals surface area contributed by atoms with Gasteiger partial charge in [0, 0.05) is 16.9 Å². The molecule has 0 bridgehead atoms. The Morgan fingerprint density at radius 1 is 1.50 bits per heavy atom. The third kappa shape index (κ3) is 7.88. The molecule has 0 aliphatic carbocycles. The minimum absolute atomic E-state index is 0.220. The average molecular weight is 292 g/mol. The zero-order valence-corrected chi connectivity index (χ0v) is 12.2. The molecule has 0 radical (unpaired) electrons. The van der Waals surface area contributed by atoms with Crippen LogP contribution >= 0.6 is 15.9 Å². The SMILES string of the molecule is CCCC(Br)C=C(C)C(=O)OCCN(C)C. The van der Waals surface area contributed by atoms with E-state index in [9.17, 15) is 4.79 Å². The molecule has 0 aromatic rings. The first-order valence-corrected chi connectivity index (χ1v) is 6.53. The molecule has 0 fully saturated rings. The van der Waals surface area contributed by atoms with Gasteiger partial charge in [-0.2, -0.15) is 0 Å². The van der Waals surface area contributed by atoms with Crippen molar-refractivity contribution in [2.45, 2.75) is 31.5 Å². The molecule has 0 saturated heterocycles. The van der Waals surface area contributed by atoms with Gasteiger partial charge in [0.1, 0.15) is 6.61 Å². The first-order valence-electron chi connectivity index (χ1n) is 5.61. The number of alkyl halides is 1. The van der Waals surface area contributed by atoms with E-state index in [2.05, 4.69) is 22.9 Å². The number of hydrogen-bond donors (Lipinski definition) is 0. The van der Waals surface area contributed by atoms with Gasteiger partial charge in [0.05, 0.1) is 0 Å². The molecule has 0 rings (SSSR count). The molecule has 0 aromatic carbocycles. The van der Waals surface area contributed by atoms with Crippen LogP contribution in [0.1, 0.15) is 26.7 Å². The highest BCUT2D eigenvalue weighted by molar-refractivity contribution is 9.09. The van der Waals surface area contributed by atoms with Gasteiger partial charge in [-0.1, -0.05) is 35.4 Å². The van der Waals surface area contributed by atoms with Crippen molar-refractivity contribution >= 4 is 21.9 Å². The van der Waals surface area contributed by atoms with E-state index >= 15 is 0 Å². The minimum atomic E-state index is -0.220. The number of ether oxygens (including phenoxy) is 1. The topological polar surface area (TPSA) is 29.5 Å². The fourth-order valence-corrected chi connectivity index (χ4v) is 1.99. The van der Waals surface area contributed by atoms with Crippen molar-refractivity contribution in [2.24, 2.45) is 0 Å².